The molecule has 1 aliphatic rings. The Morgan fingerprint density at radius 1 is 1.28 bits per heavy atom. The number of ketones is 1. The number of aryl methyl sites for hydroxylation is 1. The maximum atomic E-state index is 12.9. The molecule has 6 nitrogen and oxygen atoms in total. The normalized spacial score (nSPS) is 18.7. The van der Waals surface area contributed by atoms with E-state index < -0.39 is 17.7 Å². The second-order valence-electron chi connectivity index (χ2n) is 7.35. The number of Topliss-reactive ketones (excluding diaryl/α,β-unsaturated/α-hetero) is 1. The number of ether oxygens (including phenoxy) is 1. The highest BCUT2D eigenvalue weighted by Crippen LogP contribution is 2.41. The second-order valence-corrected chi connectivity index (χ2v) is 8.32. The number of carbonyl (C=O) groups excluding carboxylic acids is 2. The summed E-state index contributed by atoms with van der Waals surface area (Å²) in [5.74, 6) is -0.675. The summed E-state index contributed by atoms with van der Waals surface area (Å²) in [7, 11) is 5.51. The van der Waals surface area contributed by atoms with Gasteiger partial charge in [0.1, 0.15) is 11.5 Å². The van der Waals surface area contributed by atoms with Gasteiger partial charge in [-0.2, -0.15) is 0 Å². The van der Waals surface area contributed by atoms with Gasteiger partial charge in [-0.3, -0.25) is 9.59 Å². The van der Waals surface area contributed by atoms with Gasteiger partial charge in [0.2, 0.25) is 0 Å². The number of hydrogen-bond donors (Lipinski definition) is 1. The van der Waals surface area contributed by atoms with Crippen LogP contribution in [0.4, 0.5) is 0 Å². The largest absolute Gasteiger partial charge is 0.507 e. The third-order valence-electron chi connectivity index (χ3n) is 5.05. The fraction of sp³-hybridized carbons (Fsp3) is 0.364. The number of carbonyl (C=O) groups is 2. The van der Waals surface area contributed by atoms with E-state index in [4.69, 9.17) is 4.74 Å². The Hall–Kier alpha value is -2.64. The predicted molar refractivity (Wildman–Crippen MR) is 114 cm³/mol. The van der Waals surface area contributed by atoms with Crippen LogP contribution < -0.4 is 4.74 Å². The number of benzene rings is 1. The van der Waals surface area contributed by atoms with Crippen molar-refractivity contribution in [1.29, 1.82) is 0 Å². The van der Waals surface area contributed by atoms with Gasteiger partial charge in [0.25, 0.3) is 11.7 Å². The minimum Gasteiger partial charge on any atom is -0.507 e. The van der Waals surface area contributed by atoms with E-state index in [0.717, 1.165) is 23.4 Å². The molecule has 0 saturated carbocycles. The number of amides is 1. The Kier molecular flexibility index (Phi) is 6.39. The molecule has 1 atom stereocenters. The average molecular weight is 415 g/mol. The number of nitrogens with zero attached hydrogens (tertiary/aromatic N) is 2. The Balaban J connectivity index is 2.06. The van der Waals surface area contributed by atoms with Crippen molar-refractivity contribution in [3.63, 3.8) is 0 Å². The molecule has 0 spiro atoms. The van der Waals surface area contributed by atoms with Crippen LogP contribution >= 0.6 is 11.3 Å². The van der Waals surface area contributed by atoms with Crippen molar-refractivity contribution in [1.82, 2.24) is 9.80 Å². The number of aliphatic hydroxyl groups excluding tert-OH is 1. The van der Waals surface area contributed by atoms with Crippen LogP contribution in [-0.4, -0.2) is 60.9 Å². The predicted octanol–water partition coefficient (Wildman–Crippen LogP) is 3.44. The van der Waals surface area contributed by atoms with E-state index in [9.17, 15) is 14.7 Å². The fourth-order valence-corrected chi connectivity index (χ4v) is 4.43. The van der Waals surface area contributed by atoms with Gasteiger partial charge in [-0.1, -0.05) is 6.07 Å². The van der Waals surface area contributed by atoms with Crippen molar-refractivity contribution in [3.8, 4) is 5.75 Å². The van der Waals surface area contributed by atoms with Crippen LogP contribution in [0.5, 0.6) is 5.75 Å². The van der Waals surface area contributed by atoms with Gasteiger partial charge in [0.05, 0.1) is 18.7 Å². The van der Waals surface area contributed by atoms with Crippen molar-refractivity contribution < 1.29 is 19.4 Å². The first-order chi connectivity index (χ1) is 13.8. The summed E-state index contributed by atoms with van der Waals surface area (Å²) < 4.78 is 5.22. The van der Waals surface area contributed by atoms with E-state index in [0.29, 0.717) is 17.9 Å². The van der Waals surface area contributed by atoms with Crippen molar-refractivity contribution >= 4 is 28.8 Å². The fourth-order valence-electron chi connectivity index (χ4n) is 3.58. The Bertz CT molecular complexity index is 934. The summed E-state index contributed by atoms with van der Waals surface area (Å²) in [4.78, 5) is 30.2. The number of aliphatic hydroxyl groups is 1. The van der Waals surface area contributed by atoms with Gasteiger partial charge >= 0.3 is 0 Å². The first kappa shape index (κ1) is 21.1. The highest BCUT2D eigenvalue weighted by atomic mass is 32.1. The standard InChI is InChI=1S/C22H26N2O4S/c1-14-13-15(28-4)8-9-16(14)20(25)18-19(17-7-5-12-29-17)24(22(27)21(18)26)11-6-10-23(2)3/h5,7-9,12-13,19,25H,6,10-11H2,1-4H3/t19-/m1/s1. The monoisotopic (exact) mass is 414 g/mol. The molecule has 1 aliphatic heterocycles. The van der Waals surface area contributed by atoms with E-state index in [1.54, 1.807) is 30.2 Å². The molecule has 1 aromatic carbocycles. The van der Waals surface area contributed by atoms with E-state index in [1.807, 2.05) is 43.4 Å². The average Bonchev–Trinajstić information content (AvgIpc) is 3.29. The molecule has 0 radical (unpaired) electrons. The van der Waals surface area contributed by atoms with Crippen LogP contribution in [-0.2, 0) is 9.59 Å². The van der Waals surface area contributed by atoms with E-state index >= 15 is 0 Å². The summed E-state index contributed by atoms with van der Waals surface area (Å²) in [5, 5.41) is 13.0. The zero-order valence-electron chi connectivity index (χ0n) is 17.1. The minimum atomic E-state index is -0.638. The lowest BCUT2D eigenvalue weighted by atomic mass is 9.97. The molecule has 2 heterocycles. The lowest BCUT2D eigenvalue weighted by Crippen LogP contribution is -2.32. The van der Waals surface area contributed by atoms with Gasteiger partial charge in [0.15, 0.2) is 0 Å². The second kappa shape index (κ2) is 8.80. The third-order valence-corrected chi connectivity index (χ3v) is 5.97. The molecule has 0 bridgehead atoms. The van der Waals surface area contributed by atoms with Crippen molar-refractivity contribution in [3.05, 3.63) is 57.3 Å². The molecule has 0 aliphatic carbocycles. The van der Waals surface area contributed by atoms with E-state index in [2.05, 4.69) is 0 Å². The quantitative estimate of drug-likeness (QED) is 0.427. The first-order valence-electron chi connectivity index (χ1n) is 9.46. The summed E-state index contributed by atoms with van der Waals surface area (Å²) in [6.45, 7) is 3.09. The summed E-state index contributed by atoms with van der Waals surface area (Å²) in [6.07, 6.45) is 0.740. The molecule has 29 heavy (non-hydrogen) atoms. The van der Waals surface area contributed by atoms with Crippen molar-refractivity contribution in [2.24, 2.45) is 0 Å². The zero-order chi connectivity index (χ0) is 21.1. The lowest BCUT2D eigenvalue weighted by molar-refractivity contribution is -0.139. The van der Waals surface area contributed by atoms with Crippen LogP contribution in [0.15, 0.2) is 41.3 Å². The van der Waals surface area contributed by atoms with Gasteiger partial charge in [-0.25, -0.2) is 0 Å². The van der Waals surface area contributed by atoms with Gasteiger partial charge < -0.3 is 19.6 Å². The smallest absolute Gasteiger partial charge is 0.295 e. The highest BCUT2D eigenvalue weighted by Gasteiger charge is 2.46. The van der Waals surface area contributed by atoms with Crippen LogP contribution in [0.25, 0.3) is 5.76 Å². The van der Waals surface area contributed by atoms with Crippen molar-refractivity contribution in [2.75, 3.05) is 34.3 Å². The topological polar surface area (TPSA) is 70.1 Å². The molecule has 0 unspecified atom stereocenters. The van der Waals surface area contributed by atoms with Crippen LogP contribution in [0.3, 0.4) is 0 Å². The Morgan fingerprint density at radius 3 is 2.62 bits per heavy atom. The van der Waals surface area contributed by atoms with Gasteiger partial charge in [0, 0.05) is 17.0 Å². The first-order valence-corrected chi connectivity index (χ1v) is 10.3. The molecule has 3 rings (SSSR count). The van der Waals surface area contributed by atoms with E-state index in [-0.39, 0.29) is 11.3 Å². The highest BCUT2D eigenvalue weighted by molar-refractivity contribution is 7.10. The molecular formula is C22H26N2O4S. The molecular weight excluding hydrogens is 388 g/mol. The molecule has 1 N–H and O–H groups in total. The molecule has 1 aromatic heterocycles. The number of rotatable bonds is 7. The maximum absolute atomic E-state index is 12.9. The summed E-state index contributed by atoms with van der Waals surface area (Å²) in [6, 6.07) is 8.46. The molecule has 1 fully saturated rings. The lowest BCUT2D eigenvalue weighted by Gasteiger charge is -2.24. The number of likely N-dealkylation sites (tertiary alicyclic amines) is 1. The van der Waals surface area contributed by atoms with Crippen molar-refractivity contribution in [2.45, 2.75) is 19.4 Å². The third kappa shape index (κ3) is 4.21. The molecule has 154 valence electrons. The maximum Gasteiger partial charge on any atom is 0.295 e. The Labute approximate surface area is 175 Å². The van der Waals surface area contributed by atoms with Crippen LogP contribution in [0, 0.1) is 6.92 Å². The summed E-state index contributed by atoms with van der Waals surface area (Å²) in [5.41, 5.74) is 1.44. The van der Waals surface area contributed by atoms with Gasteiger partial charge in [-0.05, 0) is 69.2 Å². The van der Waals surface area contributed by atoms with Gasteiger partial charge in [-0.15, -0.1) is 11.3 Å². The molecule has 2 aromatic rings. The summed E-state index contributed by atoms with van der Waals surface area (Å²) >= 11 is 1.47. The number of hydrogen-bond acceptors (Lipinski definition) is 6. The molecule has 1 amide bonds. The minimum absolute atomic E-state index is 0.142. The zero-order valence-corrected chi connectivity index (χ0v) is 18.0. The van der Waals surface area contributed by atoms with E-state index in [1.165, 1.54) is 11.3 Å². The molecule has 7 heteroatoms. The SMILES string of the molecule is COc1ccc(C(O)=C2C(=O)C(=O)N(CCCN(C)C)[C@@H]2c2cccs2)c(C)c1. The van der Waals surface area contributed by atoms with Crippen LogP contribution in [0.1, 0.15) is 28.5 Å². The number of thiophene rings is 1. The van der Waals surface area contributed by atoms with Crippen LogP contribution in [0.2, 0.25) is 0 Å². The molecule has 1 saturated heterocycles. The number of methoxy groups -OCH3 is 1. The Morgan fingerprint density at radius 2 is 2.03 bits per heavy atom.